The van der Waals surface area contributed by atoms with Crippen LogP contribution in [0.4, 0.5) is 0 Å². The minimum absolute atomic E-state index is 0.0279. The summed E-state index contributed by atoms with van der Waals surface area (Å²) in [4.78, 5) is 9.43. The van der Waals surface area contributed by atoms with Crippen molar-refractivity contribution in [2.75, 3.05) is 0 Å². The average molecular weight is 408 g/mol. The van der Waals surface area contributed by atoms with Crippen LogP contribution in [0.2, 0.25) is 0 Å². The van der Waals surface area contributed by atoms with Crippen LogP contribution in [-0.2, 0) is 12.6 Å². The molecule has 1 aliphatic rings. The SMILES string of the molecule is Cc1cc(-c2cc3ncccc3c(-c3ccn([C@]4(CC#N)C[C@H](C#N)C4)n3)n2)nn1C. The minimum Gasteiger partial charge on any atom is -0.272 e. The number of pyridine rings is 2. The van der Waals surface area contributed by atoms with Crippen molar-refractivity contribution >= 4 is 10.9 Å². The van der Waals surface area contributed by atoms with Crippen molar-refractivity contribution in [2.45, 2.75) is 31.7 Å². The molecule has 4 aromatic rings. The number of aryl methyl sites for hydroxylation is 2. The number of rotatable bonds is 4. The van der Waals surface area contributed by atoms with Gasteiger partial charge in [0.2, 0.25) is 0 Å². The molecule has 1 saturated carbocycles. The highest BCUT2D eigenvalue weighted by Crippen LogP contribution is 2.46. The summed E-state index contributed by atoms with van der Waals surface area (Å²) in [5.41, 5.74) is 4.40. The Bertz CT molecular complexity index is 1360. The van der Waals surface area contributed by atoms with Crippen molar-refractivity contribution in [1.82, 2.24) is 29.5 Å². The quantitative estimate of drug-likeness (QED) is 0.509. The van der Waals surface area contributed by atoms with E-state index < -0.39 is 5.54 Å². The highest BCUT2D eigenvalue weighted by molar-refractivity contribution is 5.93. The molecule has 0 atom stereocenters. The van der Waals surface area contributed by atoms with E-state index in [9.17, 15) is 10.5 Å². The number of nitriles is 2. The largest absolute Gasteiger partial charge is 0.272 e. The van der Waals surface area contributed by atoms with Crippen molar-refractivity contribution in [3.05, 3.63) is 48.4 Å². The van der Waals surface area contributed by atoms with Crippen LogP contribution in [0.3, 0.4) is 0 Å². The van der Waals surface area contributed by atoms with Crippen LogP contribution < -0.4 is 0 Å². The van der Waals surface area contributed by atoms with Crippen LogP contribution >= 0.6 is 0 Å². The van der Waals surface area contributed by atoms with Gasteiger partial charge >= 0.3 is 0 Å². The van der Waals surface area contributed by atoms with Crippen LogP contribution in [0.1, 0.15) is 25.0 Å². The van der Waals surface area contributed by atoms with Gasteiger partial charge in [0, 0.05) is 30.5 Å². The van der Waals surface area contributed by atoms with E-state index >= 15 is 0 Å². The summed E-state index contributed by atoms with van der Waals surface area (Å²) in [6.07, 6.45) is 5.26. The number of fused-ring (bicyclic) bond motifs is 1. The average Bonchev–Trinajstić information content (AvgIpc) is 3.37. The molecule has 0 bridgehead atoms. The Labute approximate surface area is 179 Å². The number of aromatic nitrogens is 6. The van der Waals surface area contributed by atoms with Crippen LogP contribution in [0.5, 0.6) is 0 Å². The molecule has 0 unspecified atom stereocenters. The normalized spacial score (nSPS) is 20.2. The van der Waals surface area contributed by atoms with Gasteiger partial charge in [0.05, 0.1) is 41.2 Å². The van der Waals surface area contributed by atoms with E-state index in [-0.39, 0.29) is 5.92 Å². The molecule has 4 heterocycles. The molecule has 5 rings (SSSR count). The zero-order chi connectivity index (χ0) is 21.6. The molecule has 0 spiro atoms. The fourth-order valence-corrected chi connectivity index (χ4v) is 4.31. The van der Waals surface area contributed by atoms with Crippen LogP contribution in [-0.4, -0.2) is 29.5 Å². The highest BCUT2D eigenvalue weighted by Gasteiger charge is 2.46. The Morgan fingerprint density at radius 3 is 2.68 bits per heavy atom. The first-order valence-electron chi connectivity index (χ1n) is 10.1. The fraction of sp³-hybridized carbons (Fsp3) is 0.304. The Morgan fingerprint density at radius 2 is 1.97 bits per heavy atom. The number of hydrogen-bond acceptors (Lipinski definition) is 6. The van der Waals surface area contributed by atoms with Gasteiger partial charge in [-0.3, -0.25) is 14.3 Å². The first-order chi connectivity index (χ1) is 15.0. The topological polar surface area (TPSA) is 109 Å². The Kier molecular flexibility index (Phi) is 4.30. The minimum atomic E-state index is -0.419. The molecule has 0 aliphatic heterocycles. The van der Waals surface area contributed by atoms with Gasteiger partial charge in [-0.2, -0.15) is 20.7 Å². The maximum atomic E-state index is 9.34. The van der Waals surface area contributed by atoms with Crippen molar-refractivity contribution < 1.29 is 0 Å². The fourth-order valence-electron chi connectivity index (χ4n) is 4.31. The Balaban J connectivity index is 1.62. The summed E-state index contributed by atoms with van der Waals surface area (Å²) < 4.78 is 3.67. The van der Waals surface area contributed by atoms with Gasteiger partial charge in [0.25, 0.3) is 0 Å². The monoisotopic (exact) mass is 408 g/mol. The molecule has 0 amide bonds. The highest BCUT2D eigenvalue weighted by atomic mass is 15.3. The summed E-state index contributed by atoms with van der Waals surface area (Å²) in [7, 11) is 1.91. The zero-order valence-corrected chi connectivity index (χ0v) is 17.3. The molecule has 0 radical (unpaired) electrons. The van der Waals surface area contributed by atoms with E-state index in [1.54, 1.807) is 6.20 Å². The summed E-state index contributed by atoms with van der Waals surface area (Å²) in [5.74, 6) is -0.0279. The second-order valence-electron chi connectivity index (χ2n) is 8.16. The lowest BCUT2D eigenvalue weighted by molar-refractivity contribution is 0.0884. The van der Waals surface area contributed by atoms with Crippen LogP contribution in [0.15, 0.2) is 42.7 Å². The predicted octanol–water partition coefficient (Wildman–Crippen LogP) is 3.74. The molecular formula is C23H20N8. The van der Waals surface area contributed by atoms with Gasteiger partial charge in [-0.25, -0.2) is 4.98 Å². The first kappa shape index (κ1) is 19.0. The third kappa shape index (κ3) is 3.04. The Morgan fingerprint density at radius 1 is 1.13 bits per heavy atom. The Hall–Kier alpha value is -4.04. The van der Waals surface area contributed by atoms with E-state index in [4.69, 9.17) is 10.1 Å². The molecule has 8 heteroatoms. The maximum Gasteiger partial charge on any atom is 0.111 e. The molecule has 4 aromatic heterocycles. The van der Waals surface area contributed by atoms with Gasteiger partial charge in [-0.05, 0) is 50.1 Å². The second-order valence-corrected chi connectivity index (χ2v) is 8.16. The molecule has 1 fully saturated rings. The zero-order valence-electron chi connectivity index (χ0n) is 17.3. The first-order valence-corrected chi connectivity index (χ1v) is 10.1. The summed E-state index contributed by atoms with van der Waals surface area (Å²) in [5, 5.41) is 28.8. The smallest absolute Gasteiger partial charge is 0.111 e. The molecule has 8 nitrogen and oxygen atoms in total. The lowest BCUT2D eigenvalue weighted by Gasteiger charge is -2.43. The predicted molar refractivity (Wildman–Crippen MR) is 114 cm³/mol. The molecule has 1 aliphatic carbocycles. The molecule has 0 aromatic carbocycles. The second kappa shape index (κ2) is 7.03. The van der Waals surface area contributed by atoms with Crippen molar-refractivity contribution in [2.24, 2.45) is 13.0 Å². The van der Waals surface area contributed by atoms with E-state index in [1.807, 2.05) is 59.9 Å². The van der Waals surface area contributed by atoms with Gasteiger partial charge in [-0.15, -0.1) is 0 Å². The molecule has 31 heavy (non-hydrogen) atoms. The lowest BCUT2D eigenvalue weighted by Crippen LogP contribution is -2.46. The third-order valence-electron chi connectivity index (χ3n) is 6.14. The van der Waals surface area contributed by atoms with Gasteiger partial charge in [-0.1, -0.05) is 0 Å². The van der Waals surface area contributed by atoms with Gasteiger partial charge < -0.3 is 0 Å². The van der Waals surface area contributed by atoms with E-state index in [2.05, 4.69) is 22.2 Å². The molecule has 0 saturated heterocycles. The standard InChI is InChI=1S/C23H20N8/c1-15-10-21(28-30(15)2)20-11-19-17(4-3-8-26-19)22(27-20)18-5-9-31(29-18)23(6-7-24)12-16(13-23)14-25/h3-5,8-11,16H,6,12-13H2,1-2H3/t16-,23+. The van der Waals surface area contributed by atoms with Crippen LogP contribution in [0, 0.1) is 35.5 Å². The van der Waals surface area contributed by atoms with E-state index in [1.165, 1.54) is 0 Å². The van der Waals surface area contributed by atoms with E-state index in [0.717, 1.165) is 33.7 Å². The van der Waals surface area contributed by atoms with Crippen molar-refractivity contribution in [3.8, 4) is 34.9 Å². The molecular weight excluding hydrogens is 388 g/mol. The van der Waals surface area contributed by atoms with Gasteiger partial charge in [0.15, 0.2) is 0 Å². The van der Waals surface area contributed by atoms with Crippen LogP contribution in [0.25, 0.3) is 33.7 Å². The number of hydrogen-bond donors (Lipinski definition) is 0. The molecule has 0 N–H and O–H groups in total. The van der Waals surface area contributed by atoms with Gasteiger partial charge in [0.1, 0.15) is 17.1 Å². The maximum absolute atomic E-state index is 9.34. The third-order valence-corrected chi connectivity index (χ3v) is 6.14. The van der Waals surface area contributed by atoms with Crippen molar-refractivity contribution in [3.63, 3.8) is 0 Å². The molecule has 152 valence electrons. The van der Waals surface area contributed by atoms with Crippen molar-refractivity contribution in [1.29, 1.82) is 10.5 Å². The summed E-state index contributed by atoms with van der Waals surface area (Å²) >= 11 is 0. The van der Waals surface area contributed by atoms with E-state index in [0.29, 0.717) is 25.0 Å². The lowest BCUT2D eigenvalue weighted by atomic mass is 9.67. The summed E-state index contributed by atoms with van der Waals surface area (Å²) in [6, 6.07) is 14.3. The number of nitrogens with zero attached hydrogens (tertiary/aromatic N) is 8. The summed E-state index contributed by atoms with van der Waals surface area (Å²) in [6.45, 7) is 2.00.